The van der Waals surface area contributed by atoms with Gasteiger partial charge in [-0.25, -0.2) is 0 Å². The van der Waals surface area contributed by atoms with Gasteiger partial charge in [-0.3, -0.25) is 4.79 Å². The van der Waals surface area contributed by atoms with Gasteiger partial charge in [0.15, 0.2) is 5.76 Å². The van der Waals surface area contributed by atoms with E-state index in [4.69, 9.17) is 9.47 Å². The highest BCUT2D eigenvalue weighted by Crippen LogP contribution is 2.20. The Labute approximate surface area is 64.3 Å². The maximum absolute atomic E-state index is 11.1. The van der Waals surface area contributed by atoms with Crippen molar-refractivity contribution in [3.63, 3.8) is 0 Å². The minimum absolute atomic E-state index is 0.0159. The third kappa shape index (κ3) is 1.02. The minimum Gasteiger partial charge on any atom is -0.486 e. The Balaban J connectivity index is 2.35. The average molecular weight is 152 g/mol. The van der Waals surface area contributed by atoms with Gasteiger partial charge in [-0.1, -0.05) is 6.08 Å². The number of hydrogen-bond acceptors (Lipinski definition) is 3. The van der Waals surface area contributed by atoms with Crippen molar-refractivity contribution in [3.8, 4) is 0 Å². The van der Waals surface area contributed by atoms with E-state index in [9.17, 15) is 4.79 Å². The quantitative estimate of drug-likeness (QED) is 0.514. The number of ketones is 1. The normalized spacial score (nSPS) is 22.4. The molecule has 0 saturated carbocycles. The molecule has 0 aromatic heterocycles. The zero-order valence-corrected chi connectivity index (χ0v) is 6.00. The topological polar surface area (TPSA) is 35.5 Å². The van der Waals surface area contributed by atoms with Crippen LogP contribution in [0.4, 0.5) is 0 Å². The summed E-state index contributed by atoms with van der Waals surface area (Å²) in [6.07, 6.45) is 4.01. The van der Waals surface area contributed by atoms with E-state index in [1.807, 2.05) is 0 Å². The summed E-state index contributed by atoms with van der Waals surface area (Å²) in [6.45, 7) is 1.02. The first-order valence-electron chi connectivity index (χ1n) is 3.57. The van der Waals surface area contributed by atoms with Crippen LogP contribution >= 0.6 is 0 Å². The minimum atomic E-state index is 0.0159. The van der Waals surface area contributed by atoms with Gasteiger partial charge in [0.25, 0.3) is 0 Å². The number of ether oxygens (including phenoxy) is 2. The van der Waals surface area contributed by atoms with Crippen LogP contribution in [0.5, 0.6) is 0 Å². The predicted octanol–water partition coefficient (Wildman–Crippen LogP) is 0.774. The highest BCUT2D eigenvalue weighted by molar-refractivity contribution is 5.96. The van der Waals surface area contributed by atoms with E-state index in [1.54, 1.807) is 12.2 Å². The molecule has 2 rings (SSSR count). The SMILES string of the molecule is O=C1CC=CC2=C1OCCO2. The lowest BCUT2D eigenvalue weighted by molar-refractivity contribution is -0.120. The van der Waals surface area contributed by atoms with Crippen LogP contribution in [0.2, 0.25) is 0 Å². The molecule has 0 bridgehead atoms. The van der Waals surface area contributed by atoms with Crippen molar-refractivity contribution in [2.24, 2.45) is 0 Å². The van der Waals surface area contributed by atoms with Crippen LogP contribution < -0.4 is 0 Å². The van der Waals surface area contributed by atoms with Crippen molar-refractivity contribution in [3.05, 3.63) is 23.7 Å². The first kappa shape index (κ1) is 6.46. The third-order valence-corrected chi connectivity index (χ3v) is 1.64. The summed E-state index contributed by atoms with van der Waals surface area (Å²) in [5.74, 6) is 1.01. The Bertz CT molecular complexity index is 250. The number of rotatable bonds is 0. The maximum Gasteiger partial charge on any atom is 0.205 e. The molecule has 11 heavy (non-hydrogen) atoms. The Kier molecular flexibility index (Phi) is 1.42. The molecule has 0 amide bonds. The molecule has 0 atom stereocenters. The number of Topliss-reactive ketones (excluding diaryl/α,β-unsaturated/α-hetero) is 1. The summed E-state index contributed by atoms with van der Waals surface area (Å²) in [5.41, 5.74) is 0. The van der Waals surface area contributed by atoms with E-state index in [-0.39, 0.29) is 5.78 Å². The fraction of sp³-hybridized carbons (Fsp3) is 0.375. The fourth-order valence-corrected chi connectivity index (χ4v) is 1.14. The summed E-state index contributed by atoms with van der Waals surface area (Å²) in [7, 11) is 0. The Morgan fingerprint density at radius 2 is 2.09 bits per heavy atom. The number of hydrogen-bond donors (Lipinski definition) is 0. The second kappa shape index (κ2) is 2.42. The van der Waals surface area contributed by atoms with Gasteiger partial charge in [-0.05, 0) is 6.08 Å². The van der Waals surface area contributed by atoms with Crippen molar-refractivity contribution in [2.75, 3.05) is 13.2 Å². The summed E-state index contributed by atoms with van der Waals surface area (Å²) in [4.78, 5) is 11.1. The van der Waals surface area contributed by atoms with Gasteiger partial charge in [0.2, 0.25) is 11.5 Å². The van der Waals surface area contributed by atoms with E-state index in [2.05, 4.69) is 0 Å². The van der Waals surface area contributed by atoms with Gasteiger partial charge in [0, 0.05) is 6.42 Å². The first-order valence-corrected chi connectivity index (χ1v) is 3.57. The molecule has 58 valence electrons. The molecule has 0 aromatic rings. The molecular weight excluding hydrogens is 144 g/mol. The van der Waals surface area contributed by atoms with Gasteiger partial charge >= 0.3 is 0 Å². The predicted molar refractivity (Wildman–Crippen MR) is 37.7 cm³/mol. The molecule has 0 unspecified atom stereocenters. The van der Waals surface area contributed by atoms with Crippen LogP contribution in [-0.4, -0.2) is 19.0 Å². The molecule has 3 heteroatoms. The second-order valence-corrected chi connectivity index (χ2v) is 2.42. The largest absolute Gasteiger partial charge is 0.486 e. The van der Waals surface area contributed by atoms with Crippen molar-refractivity contribution in [1.29, 1.82) is 0 Å². The molecule has 0 radical (unpaired) electrons. The zero-order chi connectivity index (χ0) is 7.68. The van der Waals surface area contributed by atoms with Crippen LogP contribution in [0.25, 0.3) is 0 Å². The van der Waals surface area contributed by atoms with Gasteiger partial charge in [0.05, 0.1) is 0 Å². The third-order valence-electron chi connectivity index (χ3n) is 1.64. The Morgan fingerprint density at radius 1 is 1.27 bits per heavy atom. The fourth-order valence-electron chi connectivity index (χ4n) is 1.14. The Morgan fingerprint density at radius 3 is 2.91 bits per heavy atom. The van der Waals surface area contributed by atoms with E-state index < -0.39 is 0 Å². The monoisotopic (exact) mass is 152 g/mol. The molecule has 0 saturated heterocycles. The van der Waals surface area contributed by atoms with Crippen molar-refractivity contribution < 1.29 is 14.3 Å². The van der Waals surface area contributed by atoms with E-state index in [1.165, 1.54) is 0 Å². The molecule has 2 aliphatic rings. The average Bonchev–Trinajstić information content (AvgIpc) is 2.06. The van der Waals surface area contributed by atoms with Gasteiger partial charge < -0.3 is 9.47 Å². The van der Waals surface area contributed by atoms with Crippen molar-refractivity contribution in [1.82, 2.24) is 0 Å². The van der Waals surface area contributed by atoms with Crippen LogP contribution in [0.1, 0.15) is 6.42 Å². The molecule has 0 spiro atoms. The molecular formula is C8H8O3. The van der Waals surface area contributed by atoms with Gasteiger partial charge in [-0.15, -0.1) is 0 Å². The Hall–Kier alpha value is -1.25. The van der Waals surface area contributed by atoms with E-state index >= 15 is 0 Å². The number of allylic oxidation sites excluding steroid dienone is 3. The second-order valence-electron chi connectivity index (χ2n) is 2.42. The van der Waals surface area contributed by atoms with Gasteiger partial charge in [-0.2, -0.15) is 0 Å². The first-order chi connectivity index (χ1) is 5.38. The molecule has 3 nitrogen and oxygen atoms in total. The van der Waals surface area contributed by atoms with E-state index in [0.717, 1.165) is 0 Å². The van der Waals surface area contributed by atoms with Crippen LogP contribution in [0, 0.1) is 0 Å². The highest BCUT2D eigenvalue weighted by Gasteiger charge is 2.22. The highest BCUT2D eigenvalue weighted by atomic mass is 16.6. The summed E-state index contributed by atoms with van der Waals surface area (Å²) in [6, 6.07) is 0. The lowest BCUT2D eigenvalue weighted by atomic mass is 10.1. The molecule has 1 heterocycles. The zero-order valence-electron chi connectivity index (χ0n) is 6.00. The molecule has 0 N–H and O–H groups in total. The van der Waals surface area contributed by atoms with Crippen molar-refractivity contribution in [2.45, 2.75) is 6.42 Å². The molecule has 1 aliphatic heterocycles. The summed E-state index contributed by atoms with van der Waals surface area (Å²) in [5, 5.41) is 0. The van der Waals surface area contributed by atoms with Crippen molar-refractivity contribution >= 4 is 5.78 Å². The number of carbonyl (C=O) groups is 1. The summed E-state index contributed by atoms with van der Waals surface area (Å²) >= 11 is 0. The standard InChI is InChI=1S/C8H8O3/c9-6-2-1-3-7-8(6)11-5-4-10-7/h1,3H,2,4-5H2. The molecule has 1 aliphatic carbocycles. The lowest BCUT2D eigenvalue weighted by Gasteiger charge is -2.20. The molecule has 0 aromatic carbocycles. The van der Waals surface area contributed by atoms with E-state index in [0.29, 0.717) is 31.2 Å². The van der Waals surface area contributed by atoms with Gasteiger partial charge in [0.1, 0.15) is 13.2 Å². The summed E-state index contributed by atoms with van der Waals surface area (Å²) < 4.78 is 10.3. The molecule has 0 fully saturated rings. The smallest absolute Gasteiger partial charge is 0.205 e. The lowest BCUT2D eigenvalue weighted by Crippen LogP contribution is -2.20. The number of carbonyl (C=O) groups excluding carboxylic acids is 1. The van der Waals surface area contributed by atoms with Crippen LogP contribution in [-0.2, 0) is 14.3 Å². The van der Waals surface area contributed by atoms with Crippen LogP contribution in [0.15, 0.2) is 23.7 Å². The van der Waals surface area contributed by atoms with Crippen LogP contribution in [0.3, 0.4) is 0 Å². The maximum atomic E-state index is 11.1.